The number of methoxy groups -OCH3 is 1. The maximum atomic E-state index is 14.6. The molecule has 0 spiro atoms. The number of carbonyl (C=O) groups excluding carboxylic acids is 3. The number of rotatable bonds is 7. The molecule has 3 atom stereocenters. The Morgan fingerprint density at radius 2 is 1.61 bits per heavy atom. The molecule has 1 aliphatic heterocycles. The van der Waals surface area contributed by atoms with E-state index in [1.165, 1.54) is 7.11 Å². The van der Waals surface area contributed by atoms with Crippen LogP contribution in [0.2, 0.25) is 5.02 Å². The van der Waals surface area contributed by atoms with E-state index < -0.39 is 29.5 Å². The summed E-state index contributed by atoms with van der Waals surface area (Å²) < 4.78 is 4.82. The summed E-state index contributed by atoms with van der Waals surface area (Å²) in [6, 6.07) is 20.4. The van der Waals surface area contributed by atoms with Crippen molar-refractivity contribution in [1.29, 1.82) is 0 Å². The quantitative estimate of drug-likeness (QED) is 0.373. The van der Waals surface area contributed by atoms with Crippen LogP contribution >= 0.6 is 11.6 Å². The average molecular weight is 576 g/mol. The number of benzene rings is 3. The van der Waals surface area contributed by atoms with Gasteiger partial charge in [0.1, 0.15) is 6.04 Å². The number of fused-ring (bicyclic) bond motifs is 1. The molecular formula is C33H38ClN3O4. The van der Waals surface area contributed by atoms with Crippen LogP contribution in [0.25, 0.3) is 0 Å². The summed E-state index contributed by atoms with van der Waals surface area (Å²) in [5.41, 5.74) is 10.1. The lowest BCUT2D eigenvalue weighted by Crippen LogP contribution is -2.59. The van der Waals surface area contributed by atoms with Crippen LogP contribution in [0.4, 0.5) is 0 Å². The van der Waals surface area contributed by atoms with Crippen molar-refractivity contribution < 1.29 is 19.1 Å². The maximum absolute atomic E-state index is 14.6. The molecule has 3 aromatic carbocycles. The van der Waals surface area contributed by atoms with Gasteiger partial charge in [0.05, 0.1) is 24.8 Å². The van der Waals surface area contributed by atoms with Gasteiger partial charge in [0, 0.05) is 24.5 Å². The topological polar surface area (TPSA) is 92.9 Å². The molecule has 216 valence electrons. The van der Waals surface area contributed by atoms with E-state index in [-0.39, 0.29) is 18.4 Å². The van der Waals surface area contributed by atoms with E-state index in [2.05, 4.69) is 0 Å². The fraction of sp³-hybridized carbons (Fsp3) is 0.364. The van der Waals surface area contributed by atoms with Crippen molar-refractivity contribution in [2.45, 2.75) is 65.3 Å². The van der Waals surface area contributed by atoms with Crippen LogP contribution in [0.1, 0.15) is 66.3 Å². The Morgan fingerprint density at radius 1 is 1.00 bits per heavy atom. The molecule has 2 amide bonds. The van der Waals surface area contributed by atoms with Crippen molar-refractivity contribution >= 4 is 29.4 Å². The Morgan fingerprint density at radius 3 is 2.22 bits per heavy atom. The number of esters is 1. The first-order valence-corrected chi connectivity index (χ1v) is 14.1. The molecule has 7 nitrogen and oxygen atoms in total. The molecule has 41 heavy (non-hydrogen) atoms. The summed E-state index contributed by atoms with van der Waals surface area (Å²) in [6.45, 7) is 8.26. The van der Waals surface area contributed by atoms with Crippen LogP contribution < -0.4 is 5.73 Å². The smallest absolute Gasteiger partial charge is 0.337 e. The van der Waals surface area contributed by atoms with Crippen molar-refractivity contribution in [3.63, 3.8) is 0 Å². The first kappa shape index (κ1) is 30.3. The average Bonchev–Trinajstić information content (AvgIpc) is 2.97. The highest BCUT2D eigenvalue weighted by Gasteiger charge is 2.42. The molecule has 0 radical (unpaired) electrons. The van der Waals surface area contributed by atoms with Gasteiger partial charge in [0.2, 0.25) is 11.8 Å². The number of amides is 2. The summed E-state index contributed by atoms with van der Waals surface area (Å²) in [5.74, 6) is -0.879. The predicted octanol–water partition coefficient (Wildman–Crippen LogP) is 5.54. The van der Waals surface area contributed by atoms with Crippen molar-refractivity contribution in [2.75, 3.05) is 7.11 Å². The lowest BCUT2D eigenvalue weighted by molar-refractivity contribution is -0.151. The molecule has 0 saturated heterocycles. The Labute approximate surface area is 247 Å². The molecule has 3 aromatic rings. The number of nitrogens with zero attached hydrogens (tertiary/aromatic N) is 2. The molecule has 1 heterocycles. The van der Waals surface area contributed by atoms with Crippen molar-refractivity contribution in [3.05, 3.63) is 106 Å². The second-order valence-corrected chi connectivity index (χ2v) is 12.1. The fourth-order valence-electron chi connectivity index (χ4n) is 5.16. The third-order valence-electron chi connectivity index (χ3n) is 7.85. The molecule has 1 aliphatic rings. The molecule has 2 unspecified atom stereocenters. The van der Waals surface area contributed by atoms with Crippen LogP contribution in [0.3, 0.4) is 0 Å². The van der Waals surface area contributed by atoms with E-state index in [1.807, 2.05) is 70.2 Å². The zero-order valence-electron chi connectivity index (χ0n) is 24.3. The minimum atomic E-state index is -0.775. The van der Waals surface area contributed by atoms with Crippen molar-refractivity contribution in [1.82, 2.24) is 9.80 Å². The van der Waals surface area contributed by atoms with Gasteiger partial charge in [-0.05, 0) is 52.8 Å². The summed E-state index contributed by atoms with van der Waals surface area (Å²) in [4.78, 5) is 43.8. The van der Waals surface area contributed by atoms with Gasteiger partial charge < -0.3 is 20.3 Å². The van der Waals surface area contributed by atoms with E-state index >= 15 is 0 Å². The van der Waals surface area contributed by atoms with Gasteiger partial charge in [-0.2, -0.15) is 0 Å². The van der Waals surface area contributed by atoms with Gasteiger partial charge in [0.25, 0.3) is 0 Å². The lowest BCUT2D eigenvalue weighted by atomic mass is 9.85. The van der Waals surface area contributed by atoms with Gasteiger partial charge in [-0.3, -0.25) is 9.59 Å². The second-order valence-electron chi connectivity index (χ2n) is 11.7. The van der Waals surface area contributed by atoms with E-state index in [0.717, 1.165) is 22.3 Å². The molecule has 0 aliphatic carbocycles. The minimum absolute atomic E-state index is 0.196. The maximum Gasteiger partial charge on any atom is 0.337 e. The number of halogens is 1. The monoisotopic (exact) mass is 575 g/mol. The molecular weight excluding hydrogens is 538 g/mol. The number of carbonyl (C=O) groups is 3. The highest BCUT2D eigenvalue weighted by molar-refractivity contribution is 6.31. The number of ether oxygens (including phenoxy) is 1. The van der Waals surface area contributed by atoms with E-state index in [0.29, 0.717) is 23.6 Å². The zero-order chi connectivity index (χ0) is 29.9. The standard InChI is InChI=1S/C33H38ClN3O4/c1-21(26-12-8-9-13-27(26)34)36(19-22-14-16-23(17-15-22)32(40)41-5)30(38)28-18-24-10-6-7-11-25(24)20-37(28)31(39)29(35)33(2,3)4/h6-17,21,28-29H,18-20,35H2,1-5H3/t21-,28?,29?/m1/s1. The normalized spacial score (nSPS) is 16.4. The Balaban J connectivity index is 1.75. The third-order valence-corrected chi connectivity index (χ3v) is 8.19. The number of hydrogen-bond donors (Lipinski definition) is 1. The summed E-state index contributed by atoms with van der Waals surface area (Å²) in [7, 11) is 1.34. The largest absolute Gasteiger partial charge is 0.465 e. The van der Waals surface area contributed by atoms with Gasteiger partial charge in [-0.25, -0.2) is 4.79 Å². The van der Waals surface area contributed by atoms with Gasteiger partial charge in [0.15, 0.2) is 0 Å². The van der Waals surface area contributed by atoms with Crippen LogP contribution in [0.15, 0.2) is 72.8 Å². The number of nitrogens with two attached hydrogens (primary N) is 1. The number of hydrogen-bond acceptors (Lipinski definition) is 5. The molecule has 2 N–H and O–H groups in total. The molecule has 0 saturated carbocycles. The van der Waals surface area contributed by atoms with Crippen molar-refractivity contribution in [3.8, 4) is 0 Å². The van der Waals surface area contributed by atoms with Crippen LogP contribution in [0, 0.1) is 5.41 Å². The van der Waals surface area contributed by atoms with Crippen LogP contribution in [-0.4, -0.2) is 46.8 Å². The van der Waals surface area contributed by atoms with E-state index in [9.17, 15) is 14.4 Å². The predicted molar refractivity (Wildman–Crippen MR) is 160 cm³/mol. The van der Waals surface area contributed by atoms with Gasteiger partial charge in [-0.1, -0.05) is 87.0 Å². The molecule has 0 aromatic heterocycles. The first-order valence-electron chi connectivity index (χ1n) is 13.8. The lowest BCUT2D eigenvalue weighted by Gasteiger charge is -2.42. The van der Waals surface area contributed by atoms with Crippen molar-refractivity contribution in [2.24, 2.45) is 11.1 Å². The molecule has 0 bridgehead atoms. The highest BCUT2D eigenvalue weighted by Crippen LogP contribution is 2.33. The highest BCUT2D eigenvalue weighted by atomic mass is 35.5. The Bertz CT molecular complexity index is 1420. The van der Waals surface area contributed by atoms with E-state index in [1.54, 1.807) is 40.1 Å². The third kappa shape index (κ3) is 6.63. The minimum Gasteiger partial charge on any atom is -0.465 e. The van der Waals surface area contributed by atoms with Gasteiger partial charge >= 0.3 is 5.97 Å². The molecule has 4 rings (SSSR count). The summed E-state index contributed by atoms with van der Waals surface area (Å²) in [6.07, 6.45) is 0.380. The summed E-state index contributed by atoms with van der Waals surface area (Å²) in [5, 5.41) is 0.551. The zero-order valence-corrected chi connectivity index (χ0v) is 25.0. The van der Waals surface area contributed by atoms with E-state index in [4.69, 9.17) is 22.1 Å². The summed E-state index contributed by atoms with van der Waals surface area (Å²) >= 11 is 6.60. The Kier molecular flexibility index (Phi) is 9.20. The Hall–Kier alpha value is -3.68. The first-order chi connectivity index (χ1) is 19.4. The molecule has 8 heteroatoms. The fourth-order valence-corrected chi connectivity index (χ4v) is 5.46. The molecule has 0 fully saturated rings. The van der Waals surface area contributed by atoms with Crippen LogP contribution in [0.5, 0.6) is 0 Å². The van der Waals surface area contributed by atoms with Crippen LogP contribution in [-0.2, 0) is 33.8 Å². The SMILES string of the molecule is COC(=O)c1ccc(CN(C(=O)C2Cc3ccccc3CN2C(=O)C(N)C(C)(C)C)[C@H](C)c2ccccc2Cl)cc1. The van der Waals surface area contributed by atoms with Gasteiger partial charge in [-0.15, -0.1) is 0 Å². The second kappa shape index (κ2) is 12.5.